The van der Waals surface area contributed by atoms with Gasteiger partial charge in [0.05, 0.1) is 7.11 Å². The Bertz CT molecular complexity index is 576. The number of hydrogen-bond acceptors (Lipinski definition) is 2. The maximum absolute atomic E-state index is 10.4. The highest BCUT2D eigenvalue weighted by molar-refractivity contribution is 6.34. The Hall–Kier alpha value is -1.22. The third-order valence-electron chi connectivity index (χ3n) is 2.94. The average molecular weight is 297 g/mol. The number of ether oxygens (including phenoxy) is 1. The van der Waals surface area contributed by atoms with Crippen LogP contribution in [0.15, 0.2) is 36.4 Å². The Morgan fingerprint density at radius 1 is 1.00 bits per heavy atom. The second-order valence-corrected chi connectivity index (χ2v) is 5.21. The summed E-state index contributed by atoms with van der Waals surface area (Å²) in [6.45, 7) is 1.93. The summed E-state index contributed by atoms with van der Waals surface area (Å²) in [7, 11) is 1.62. The Labute approximate surface area is 122 Å². The summed E-state index contributed by atoms with van der Waals surface area (Å²) >= 11 is 11.9. The van der Waals surface area contributed by atoms with Gasteiger partial charge in [0.15, 0.2) is 0 Å². The van der Waals surface area contributed by atoms with E-state index in [1.165, 1.54) is 0 Å². The van der Waals surface area contributed by atoms with Crippen molar-refractivity contribution in [1.29, 1.82) is 0 Å². The molecule has 2 rings (SSSR count). The van der Waals surface area contributed by atoms with Gasteiger partial charge in [0.2, 0.25) is 0 Å². The van der Waals surface area contributed by atoms with E-state index in [0.29, 0.717) is 15.6 Å². The van der Waals surface area contributed by atoms with Gasteiger partial charge in [-0.25, -0.2) is 0 Å². The van der Waals surface area contributed by atoms with Crippen molar-refractivity contribution in [3.63, 3.8) is 0 Å². The van der Waals surface area contributed by atoms with E-state index >= 15 is 0 Å². The Morgan fingerprint density at radius 2 is 1.63 bits per heavy atom. The van der Waals surface area contributed by atoms with Crippen molar-refractivity contribution < 1.29 is 9.84 Å². The molecule has 0 aliphatic rings. The molecule has 0 aliphatic heterocycles. The van der Waals surface area contributed by atoms with Crippen LogP contribution in [0, 0.1) is 6.92 Å². The van der Waals surface area contributed by atoms with Gasteiger partial charge < -0.3 is 9.84 Å². The highest BCUT2D eigenvalue weighted by atomic mass is 35.5. The van der Waals surface area contributed by atoms with E-state index in [1.807, 2.05) is 25.1 Å². The van der Waals surface area contributed by atoms with Gasteiger partial charge in [-0.05, 0) is 53.9 Å². The molecule has 0 saturated heterocycles. The summed E-state index contributed by atoms with van der Waals surface area (Å²) in [6.07, 6.45) is -0.763. The molecule has 0 aromatic heterocycles. The number of aliphatic hydroxyl groups excluding tert-OH is 1. The molecule has 0 saturated carbocycles. The number of hydrogen-bond donors (Lipinski definition) is 1. The molecule has 0 bridgehead atoms. The second kappa shape index (κ2) is 5.83. The fourth-order valence-electron chi connectivity index (χ4n) is 2.00. The minimum Gasteiger partial charge on any atom is -0.496 e. The third-order valence-corrected chi connectivity index (χ3v) is 3.37. The van der Waals surface area contributed by atoms with Crippen LogP contribution >= 0.6 is 23.2 Å². The van der Waals surface area contributed by atoms with Crippen LogP contribution in [-0.4, -0.2) is 12.2 Å². The van der Waals surface area contributed by atoms with E-state index in [1.54, 1.807) is 25.3 Å². The predicted molar refractivity (Wildman–Crippen MR) is 78.3 cm³/mol. The molecule has 19 heavy (non-hydrogen) atoms. The SMILES string of the molecule is COc1ccc(C(O)c2cc(Cl)cc(Cl)c2)cc1C. The summed E-state index contributed by atoms with van der Waals surface area (Å²) in [5.41, 5.74) is 2.41. The fourth-order valence-corrected chi connectivity index (χ4v) is 2.54. The molecular weight excluding hydrogens is 283 g/mol. The van der Waals surface area contributed by atoms with Crippen LogP contribution in [0.5, 0.6) is 5.75 Å². The quantitative estimate of drug-likeness (QED) is 0.910. The van der Waals surface area contributed by atoms with Gasteiger partial charge in [0.25, 0.3) is 0 Å². The maximum atomic E-state index is 10.4. The third kappa shape index (κ3) is 3.21. The molecule has 2 aromatic carbocycles. The van der Waals surface area contributed by atoms with Crippen LogP contribution in [0.3, 0.4) is 0 Å². The molecule has 4 heteroatoms. The first-order valence-corrected chi connectivity index (χ1v) is 6.55. The zero-order chi connectivity index (χ0) is 14.0. The van der Waals surface area contributed by atoms with Gasteiger partial charge in [-0.2, -0.15) is 0 Å². The van der Waals surface area contributed by atoms with Gasteiger partial charge in [0.1, 0.15) is 11.9 Å². The highest BCUT2D eigenvalue weighted by Crippen LogP contribution is 2.30. The Balaban J connectivity index is 2.38. The van der Waals surface area contributed by atoms with Gasteiger partial charge in [-0.3, -0.25) is 0 Å². The van der Waals surface area contributed by atoms with Crippen LogP contribution < -0.4 is 4.74 Å². The number of methoxy groups -OCH3 is 1. The number of halogens is 2. The lowest BCUT2D eigenvalue weighted by molar-refractivity contribution is 0.220. The molecule has 1 N–H and O–H groups in total. The normalized spacial score (nSPS) is 12.3. The summed E-state index contributed by atoms with van der Waals surface area (Å²) in [4.78, 5) is 0. The average Bonchev–Trinajstić information content (AvgIpc) is 2.36. The first-order chi connectivity index (χ1) is 9.01. The van der Waals surface area contributed by atoms with Gasteiger partial charge >= 0.3 is 0 Å². The van der Waals surface area contributed by atoms with Crippen molar-refractivity contribution in [2.45, 2.75) is 13.0 Å². The van der Waals surface area contributed by atoms with Crippen molar-refractivity contribution in [2.75, 3.05) is 7.11 Å². The number of benzene rings is 2. The Morgan fingerprint density at radius 3 is 2.16 bits per heavy atom. The lowest BCUT2D eigenvalue weighted by atomic mass is 9.99. The monoisotopic (exact) mass is 296 g/mol. The largest absolute Gasteiger partial charge is 0.496 e. The maximum Gasteiger partial charge on any atom is 0.121 e. The summed E-state index contributed by atoms with van der Waals surface area (Å²) < 4.78 is 5.20. The number of rotatable bonds is 3. The molecule has 0 spiro atoms. The smallest absolute Gasteiger partial charge is 0.121 e. The molecule has 0 radical (unpaired) electrons. The molecule has 0 heterocycles. The number of aliphatic hydroxyl groups is 1. The lowest BCUT2D eigenvalue weighted by Crippen LogP contribution is -2.01. The molecular formula is C15H14Cl2O2. The molecule has 1 atom stereocenters. The van der Waals surface area contributed by atoms with Gasteiger partial charge in [-0.15, -0.1) is 0 Å². The topological polar surface area (TPSA) is 29.5 Å². The second-order valence-electron chi connectivity index (χ2n) is 4.33. The number of aryl methyl sites for hydroxylation is 1. The van der Waals surface area contributed by atoms with E-state index in [2.05, 4.69) is 0 Å². The van der Waals surface area contributed by atoms with Crippen LogP contribution in [0.4, 0.5) is 0 Å². The molecule has 100 valence electrons. The van der Waals surface area contributed by atoms with Crippen LogP contribution in [0.25, 0.3) is 0 Å². The van der Waals surface area contributed by atoms with E-state index in [9.17, 15) is 5.11 Å². The molecule has 1 unspecified atom stereocenters. The van der Waals surface area contributed by atoms with Crippen molar-refractivity contribution in [3.8, 4) is 5.75 Å². The van der Waals surface area contributed by atoms with Crippen molar-refractivity contribution in [2.24, 2.45) is 0 Å². The fraction of sp³-hybridized carbons (Fsp3) is 0.200. The predicted octanol–water partition coefficient (Wildman–Crippen LogP) is 4.39. The van der Waals surface area contributed by atoms with Crippen LogP contribution in [0.2, 0.25) is 10.0 Å². The van der Waals surface area contributed by atoms with Crippen molar-refractivity contribution in [3.05, 3.63) is 63.1 Å². The van der Waals surface area contributed by atoms with Crippen LogP contribution in [0.1, 0.15) is 22.8 Å². The molecule has 0 fully saturated rings. The lowest BCUT2D eigenvalue weighted by Gasteiger charge is -2.14. The molecule has 0 amide bonds. The molecule has 2 aromatic rings. The highest BCUT2D eigenvalue weighted by Gasteiger charge is 2.13. The van der Waals surface area contributed by atoms with Gasteiger partial charge in [0, 0.05) is 10.0 Å². The molecule has 0 aliphatic carbocycles. The first kappa shape index (κ1) is 14.2. The summed E-state index contributed by atoms with van der Waals surface area (Å²) in [6, 6.07) is 10.6. The minimum absolute atomic E-state index is 0.506. The van der Waals surface area contributed by atoms with E-state index in [0.717, 1.165) is 16.9 Å². The zero-order valence-corrected chi connectivity index (χ0v) is 12.2. The van der Waals surface area contributed by atoms with E-state index in [-0.39, 0.29) is 0 Å². The Kier molecular flexibility index (Phi) is 4.35. The molecule has 2 nitrogen and oxygen atoms in total. The summed E-state index contributed by atoms with van der Waals surface area (Å²) in [5, 5.41) is 11.4. The van der Waals surface area contributed by atoms with Crippen LogP contribution in [-0.2, 0) is 0 Å². The zero-order valence-electron chi connectivity index (χ0n) is 10.7. The first-order valence-electron chi connectivity index (χ1n) is 5.80. The van der Waals surface area contributed by atoms with Gasteiger partial charge in [-0.1, -0.05) is 29.3 Å². The van der Waals surface area contributed by atoms with Crippen molar-refractivity contribution >= 4 is 23.2 Å². The van der Waals surface area contributed by atoms with E-state index < -0.39 is 6.10 Å². The standard InChI is InChI=1S/C15H14Cl2O2/c1-9-5-10(3-4-14(9)19-2)15(18)11-6-12(16)8-13(17)7-11/h3-8,15,18H,1-2H3. The van der Waals surface area contributed by atoms with Crippen molar-refractivity contribution in [1.82, 2.24) is 0 Å². The minimum atomic E-state index is -0.763. The summed E-state index contributed by atoms with van der Waals surface area (Å²) in [5.74, 6) is 0.792. The van der Waals surface area contributed by atoms with E-state index in [4.69, 9.17) is 27.9 Å².